The van der Waals surface area contributed by atoms with E-state index in [-0.39, 0.29) is 0 Å². The van der Waals surface area contributed by atoms with Crippen LogP contribution in [0.3, 0.4) is 0 Å². The quantitative estimate of drug-likeness (QED) is 0.853. The molecule has 0 spiro atoms. The predicted octanol–water partition coefficient (Wildman–Crippen LogP) is 3.08. The van der Waals surface area contributed by atoms with Gasteiger partial charge in [-0.1, -0.05) is 12.1 Å². The Morgan fingerprint density at radius 1 is 1.24 bits per heavy atom. The average Bonchev–Trinajstić information content (AvgIpc) is 2.70. The monoisotopic (exact) mass is 242 g/mol. The zero-order valence-electron chi connectivity index (χ0n) is 9.14. The number of nitrogens with two attached hydrogens (primary N) is 1. The number of halogens is 3. The van der Waals surface area contributed by atoms with Crippen LogP contribution in [0.2, 0.25) is 0 Å². The summed E-state index contributed by atoms with van der Waals surface area (Å²) < 4.78 is 37.7. The molecule has 17 heavy (non-hydrogen) atoms. The molecule has 2 rings (SSSR count). The summed E-state index contributed by atoms with van der Waals surface area (Å²) in [5.41, 5.74) is 6.13. The van der Waals surface area contributed by atoms with Gasteiger partial charge in [-0.2, -0.15) is 13.2 Å². The standard InChI is InChI=1S/C12H13F3N2/c13-12(14,15)11-7-9-8(4-2-6-16)3-1-5-10(9)17-11/h1,3,5,7,17H,2,4,6,16H2. The maximum atomic E-state index is 12.6. The van der Waals surface area contributed by atoms with Crippen LogP contribution in [0.5, 0.6) is 0 Å². The summed E-state index contributed by atoms with van der Waals surface area (Å²) in [5.74, 6) is 0. The van der Waals surface area contributed by atoms with E-state index in [0.717, 1.165) is 12.0 Å². The summed E-state index contributed by atoms with van der Waals surface area (Å²) in [6, 6.07) is 6.41. The van der Waals surface area contributed by atoms with Crippen molar-refractivity contribution >= 4 is 10.9 Å². The van der Waals surface area contributed by atoms with Crippen LogP contribution >= 0.6 is 0 Å². The number of aromatic nitrogens is 1. The Morgan fingerprint density at radius 3 is 2.65 bits per heavy atom. The number of rotatable bonds is 3. The van der Waals surface area contributed by atoms with Crippen LogP contribution in [0.4, 0.5) is 13.2 Å². The van der Waals surface area contributed by atoms with Crippen molar-refractivity contribution in [2.45, 2.75) is 19.0 Å². The van der Waals surface area contributed by atoms with Gasteiger partial charge in [0.25, 0.3) is 0 Å². The van der Waals surface area contributed by atoms with Gasteiger partial charge in [-0.15, -0.1) is 0 Å². The van der Waals surface area contributed by atoms with Crippen molar-refractivity contribution in [3.05, 3.63) is 35.5 Å². The first kappa shape index (κ1) is 12.0. The van der Waals surface area contributed by atoms with Crippen molar-refractivity contribution < 1.29 is 13.2 Å². The van der Waals surface area contributed by atoms with Gasteiger partial charge >= 0.3 is 6.18 Å². The van der Waals surface area contributed by atoms with E-state index in [4.69, 9.17) is 5.73 Å². The zero-order chi connectivity index (χ0) is 12.5. The number of hydrogen-bond donors (Lipinski definition) is 2. The molecule has 92 valence electrons. The summed E-state index contributed by atoms with van der Waals surface area (Å²) in [4.78, 5) is 2.40. The largest absolute Gasteiger partial charge is 0.431 e. The second-order valence-corrected chi connectivity index (χ2v) is 3.95. The molecule has 0 amide bonds. The lowest BCUT2D eigenvalue weighted by molar-refractivity contribution is -0.140. The SMILES string of the molecule is NCCCc1cccc2[nH]c(C(F)(F)F)cc12. The van der Waals surface area contributed by atoms with Gasteiger partial charge in [-0.25, -0.2) is 0 Å². The minimum Gasteiger partial charge on any atom is -0.351 e. The first-order valence-electron chi connectivity index (χ1n) is 5.40. The molecule has 0 bridgehead atoms. The first-order chi connectivity index (χ1) is 8.02. The van der Waals surface area contributed by atoms with Crippen LogP contribution in [0.15, 0.2) is 24.3 Å². The van der Waals surface area contributed by atoms with E-state index in [1.54, 1.807) is 12.1 Å². The van der Waals surface area contributed by atoms with Crippen LogP contribution in [0.1, 0.15) is 17.7 Å². The second kappa shape index (κ2) is 4.41. The van der Waals surface area contributed by atoms with Crippen LogP contribution < -0.4 is 5.73 Å². The number of alkyl halides is 3. The number of fused-ring (bicyclic) bond motifs is 1. The highest BCUT2D eigenvalue weighted by atomic mass is 19.4. The van der Waals surface area contributed by atoms with Gasteiger partial charge in [-0.3, -0.25) is 0 Å². The number of H-pyrrole nitrogens is 1. The highest BCUT2D eigenvalue weighted by Gasteiger charge is 2.32. The number of aromatic amines is 1. The van der Waals surface area contributed by atoms with E-state index in [1.165, 1.54) is 6.07 Å². The summed E-state index contributed by atoms with van der Waals surface area (Å²) in [7, 11) is 0. The van der Waals surface area contributed by atoms with E-state index in [9.17, 15) is 13.2 Å². The number of benzene rings is 1. The number of hydrogen-bond acceptors (Lipinski definition) is 1. The fourth-order valence-electron chi connectivity index (χ4n) is 1.88. The third kappa shape index (κ3) is 2.44. The number of aryl methyl sites for hydroxylation is 1. The van der Waals surface area contributed by atoms with Gasteiger partial charge in [0.05, 0.1) is 0 Å². The molecule has 0 aliphatic heterocycles. The number of nitrogens with one attached hydrogen (secondary N) is 1. The Morgan fingerprint density at radius 2 is 2.00 bits per heavy atom. The predicted molar refractivity (Wildman–Crippen MR) is 60.7 cm³/mol. The summed E-state index contributed by atoms with van der Waals surface area (Å²) in [5, 5.41) is 0.633. The van der Waals surface area contributed by atoms with Gasteiger partial charge in [-0.05, 0) is 37.1 Å². The molecule has 0 unspecified atom stereocenters. The van der Waals surface area contributed by atoms with Gasteiger partial charge in [0.15, 0.2) is 0 Å². The Kier molecular flexibility index (Phi) is 3.11. The lowest BCUT2D eigenvalue weighted by Crippen LogP contribution is -2.04. The van der Waals surface area contributed by atoms with E-state index in [1.807, 2.05) is 6.07 Å². The van der Waals surface area contributed by atoms with Crippen molar-refractivity contribution in [3.63, 3.8) is 0 Å². The molecule has 0 aliphatic carbocycles. The van der Waals surface area contributed by atoms with Gasteiger partial charge in [0, 0.05) is 10.9 Å². The molecule has 0 atom stereocenters. The van der Waals surface area contributed by atoms with Crippen molar-refractivity contribution in [2.75, 3.05) is 6.54 Å². The van der Waals surface area contributed by atoms with E-state index in [2.05, 4.69) is 4.98 Å². The second-order valence-electron chi connectivity index (χ2n) is 3.95. The molecule has 5 heteroatoms. The third-order valence-corrected chi connectivity index (χ3v) is 2.71. The fourth-order valence-corrected chi connectivity index (χ4v) is 1.88. The zero-order valence-corrected chi connectivity index (χ0v) is 9.14. The van der Waals surface area contributed by atoms with Crippen molar-refractivity contribution in [1.82, 2.24) is 4.98 Å². The van der Waals surface area contributed by atoms with Crippen LogP contribution in [0, 0.1) is 0 Å². The Hall–Kier alpha value is -1.49. The summed E-state index contributed by atoms with van der Waals surface area (Å²) in [6.07, 6.45) is -2.86. The van der Waals surface area contributed by atoms with Crippen LogP contribution in [-0.2, 0) is 12.6 Å². The Balaban J connectivity index is 2.45. The molecule has 2 nitrogen and oxygen atoms in total. The molecule has 3 N–H and O–H groups in total. The Labute approximate surface area is 96.6 Å². The smallest absolute Gasteiger partial charge is 0.351 e. The fraction of sp³-hybridized carbons (Fsp3) is 0.333. The van der Waals surface area contributed by atoms with Crippen LogP contribution in [-0.4, -0.2) is 11.5 Å². The minimum atomic E-state index is -4.33. The van der Waals surface area contributed by atoms with Gasteiger partial charge in [0.2, 0.25) is 0 Å². The molecule has 0 saturated heterocycles. The molecule has 1 aromatic carbocycles. The summed E-state index contributed by atoms with van der Waals surface area (Å²) >= 11 is 0. The van der Waals surface area contributed by atoms with E-state index in [0.29, 0.717) is 23.9 Å². The highest BCUT2D eigenvalue weighted by molar-refractivity contribution is 5.84. The molecule has 1 heterocycles. The molecule has 0 saturated carbocycles. The molecular formula is C12H13F3N2. The first-order valence-corrected chi connectivity index (χ1v) is 5.40. The third-order valence-electron chi connectivity index (χ3n) is 2.71. The topological polar surface area (TPSA) is 41.8 Å². The van der Waals surface area contributed by atoms with Gasteiger partial charge in [0.1, 0.15) is 5.69 Å². The average molecular weight is 242 g/mol. The maximum absolute atomic E-state index is 12.6. The molecular weight excluding hydrogens is 229 g/mol. The molecule has 2 aromatic rings. The van der Waals surface area contributed by atoms with Gasteiger partial charge < -0.3 is 10.7 Å². The molecule has 0 radical (unpaired) electrons. The van der Waals surface area contributed by atoms with Crippen LogP contribution in [0.25, 0.3) is 10.9 Å². The minimum absolute atomic E-state index is 0.520. The van der Waals surface area contributed by atoms with E-state index >= 15 is 0 Å². The maximum Gasteiger partial charge on any atom is 0.431 e. The molecule has 1 aromatic heterocycles. The normalized spacial score (nSPS) is 12.2. The van der Waals surface area contributed by atoms with Crippen molar-refractivity contribution in [1.29, 1.82) is 0 Å². The molecule has 0 fully saturated rings. The van der Waals surface area contributed by atoms with E-state index < -0.39 is 11.9 Å². The summed E-state index contributed by atoms with van der Waals surface area (Å²) in [6.45, 7) is 0.535. The lowest BCUT2D eigenvalue weighted by Gasteiger charge is -2.01. The van der Waals surface area contributed by atoms with Crippen molar-refractivity contribution in [3.8, 4) is 0 Å². The lowest BCUT2D eigenvalue weighted by atomic mass is 10.1. The Bertz CT molecular complexity index is 514. The highest BCUT2D eigenvalue weighted by Crippen LogP contribution is 2.32. The molecule has 0 aliphatic rings. The van der Waals surface area contributed by atoms with Crippen molar-refractivity contribution in [2.24, 2.45) is 5.73 Å².